The molecule has 0 fully saturated rings. The maximum absolute atomic E-state index is 11.5. The molecule has 5 nitrogen and oxygen atoms in total. The van der Waals surface area contributed by atoms with Crippen LogP contribution in [0.25, 0.3) is 0 Å². The number of aryl methyl sites for hydroxylation is 1. The maximum atomic E-state index is 11.5. The molecule has 1 aromatic carbocycles. The summed E-state index contributed by atoms with van der Waals surface area (Å²) in [5, 5.41) is 3.36. The van der Waals surface area contributed by atoms with Crippen LogP contribution in [-0.2, 0) is 17.7 Å². The van der Waals surface area contributed by atoms with E-state index in [1.54, 1.807) is 24.5 Å². The van der Waals surface area contributed by atoms with Gasteiger partial charge < -0.3 is 15.0 Å². The Hall–Kier alpha value is -2.01. The lowest BCUT2D eigenvalue weighted by atomic mass is 10.2. The number of benzene rings is 1. The van der Waals surface area contributed by atoms with E-state index >= 15 is 0 Å². The van der Waals surface area contributed by atoms with Crippen LogP contribution in [0.15, 0.2) is 36.7 Å². The Labute approximate surface area is 122 Å². The molecule has 1 heterocycles. The second-order valence-electron chi connectivity index (χ2n) is 4.26. The third kappa shape index (κ3) is 4.93. The van der Waals surface area contributed by atoms with Crippen LogP contribution >= 0.6 is 11.6 Å². The first kappa shape index (κ1) is 14.4. The highest BCUT2D eigenvalue weighted by molar-refractivity contribution is 6.30. The number of aromatic amines is 1. The van der Waals surface area contributed by atoms with Crippen molar-refractivity contribution in [1.29, 1.82) is 0 Å². The average molecular weight is 294 g/mol. The van der Waals surface area contributed by atoms with Crippen LogP contribution < -0.4 is 5.32 Å². The number of hydrogen-bond acceptors (Lipinski definition) is 3. The van der Waals surface area contributed by atoms with Crippen LogP contribution in [0.4, 0.5) is 4.79 Å². The molecule has 20 heavy (non-hydrogen) atoms. The molecule has 0 atom stereocenters. The van der Waals surface area contributed by atoms with Crippen molar-refractivity contribution in [3.63, 3.8) is 0 Å². The summed E-state index contributed by atoms with van der Waals surface area (Å²) in [6.07, 6.45) is 4.56. The number of rotatable bonds is 6. The minimum atomic E-state index is -0.417. The van der Waals surface area contributed by atoms with Gasteiger partial charge in [0, 0.05) is 30.4 Å². The molecule has 0 bridgehead atoms. The molecule has 0 aliphatic rings. The van der Waals surface area contributed by atoms with E-state index in [2.05, 4.69) is 15.3 Å². The van der Waals surface area contributed by atoms with Gasteiger partial charge in [0.05, 0.1) is 6.61 Å². The van der Waals surface area contributed by atoms with Crippen molar-refractivity contribution in [2.45, 2.75) is 19.4 Å². The molecule has 2 N–H and O–H groups in total. The Balaban J connectivity index is 1.59. The first-order valence-corrected chi connectivity index (χ1v) is 6.75. The summed E-state index contributed by atoms with van der Waals surface area (Å²) in [6, 6.07) is 7.29. The van der Waals surface area contributed by atoms with Crippen LogP contribution in [0.5, 0.6) is 0 Å². The lowest BCUT2D eigenvalue weighted by molar-refractivity contribution is 0.144. The highest BCUT2D eigenvalue weighted by Crippen LogP contribution is 2.09. The molecule has 0 aliphatic carbocycles. The smallest absolute Gasteiger partial charge is 0.407 e. The van der Waals surface area contributed by atoms with Crippen LogP contribution in [0.1, 0.15) is 17.8 Å². The second-order valence-corrected chi connectivity index (χ2v) is 4.69. The average Bonchev–Trinajstić information content (AvgIpc) is 2.96. The Bertz CT molecular complexity index is 526. The van der Waals surface area contributed by atoms with E-state index in [1.807, 2.05) is 12.1 Å². The molecule has 2 rings (SSSR count). The summed E-state index contributed by atoms with van der Waals surface area (Å²) in [7, 11) is 0. The van der Waals surface area contributed by atoms with E-state index < -0.39 is 6.09 Å². The van der Waals surface area contributed by atoms with E-state index in [-0.39, 0.29) is 0 Å². The molecular formula is C14H16ClN3O2. The first-order chi connectivity index (χ1) is 9.74. The van der Waals surface area contributed by atoms with E-state index in [0.29, 0.717) is 18.2 Å². The van der Waals surface area contributed by atoms with Crippen molar-refractivity contribution in [1.82, 2.24) is 15.3 Å². The third-order valence-electron chi connectivity index (χ3n) is 2.70. The monoisotopic (exact) mass is 293 g/mol. The van der Waals surface area contributed by atoms with Crippen molar-refractivity contribution >= 4 is 17.7 Å². The van der Waals surface area contributed by atoms with Gasteiger partial charge in [0.2, 0.25) is 0 Å². The molecule has 1 aromatic heterocycles. The Morgan fingerprint density at radius 2 is 2.15 bits per heavy atom. The number of alkyl carbamates (subject to hydrolysis) is 1. The number of nitrogens with zero attached hydrogens (tertiary/aromatic N) is 1. The summed E-state index contributed by atoms with van der Waals surface area (Å²) in [5.74, 6) is 0.898. The molecule has 0 unspecified atom stereocenters. The molecular weight excluding hydrogens is 278 g/mol. The number of halogens is 1. The number of H-pyrrole nitrogens is 1. The zero-order valence-electron chi connectivity index (χ0n) is 10.9. The van der Waals surface area contributed by atoms with Crippen LogP contribution in [0.2, 0.25) is 5.02 Å². The van der Waals surface area contributed by atoms with Gasteiger partial charge >= 0.3 is 6.09 Å². The number of carbonyl (C=O) groups is 1. The quantitative estimate of drug-likeness (QED) is 0.805. The zero-order valence-corrected chi connectivity index (χ0v) is 11.7. The van der Waals surface area contributed by atoms with Gasteiger partial charge in [-0.3, -0.25) is 0 Å². The van der Waals surface area contributed by atoms with E-state index in [1.165, 1.54) is 0 Å². The molecule has 106 valence electrons. The minimum absolute atomic E-state index is 0.368. The molecule has 1 amide bonds. The number of imidazole rings is 1. The molecule has 0 aliphatic heterocycles. The SMILES string of the molecule is O=C(NCc1ccc(Cl)cc1)OCCCc1ncc[nH]1. The largest absolute Gasteiger partial charge is 0.450 e. The number of aromatic nitrogens is 2. The topological polar surface area (TPSA) is 67.0 Å². The van der Waals surface area contributed by atoms with Gasteiger partial charge in [-0.05, 0) is 24.1 Å². The Morgan fingerprint density at radius 1 is 1.35 bits per heavy atom. The van der Waals surface area contributed by atoms with Gasteiger partial charge in [0.1, 0.15) is 5.82 Å². The molecule has 0 saturated carbocycles. The number of hydrogen-bond donors (Lipinski definition) is 2. The van der Waals surface area contributed by atoms with Crippen LogP contribution in [-0.4, -0.2) is 22.7 Å². The molecule has 0 radical (unpaired) electrons. The molecule has 2 aromatic rings. The summed E-state index contributed by atoms with van der Waals surface area (Å²) in [5.41, 5.74) is 0.974. The number of ether oxygens (including phenoxy) is 1. The Kier molecular flexibility index (Phi) is 5.43. The van der Waals surface area contributed by atoms with Gasteiger partial charge in [-0.15, -0.1) is 0 Å². The number of carbonyl (C=O) groups excluding carboxylic acids is 1. The lowest BCUT2D eigenvalue weighted by Gasteiger charge is -2.06. The predicted molar refractivity (Wildman–Crippen MR) is 76.5 cm³/mol. The van der Waals surface area contributed by atoms with Gasteiger partial charge in [0.25, 0.3) is 0 Å². The third-order valence-corrected chi connectivity index (χ3v) is 2.95. The highest BCUT2D eigenvalue weighted by Gasteiger charge is 2.02. The summed E-state index contributed by atoms with van der Waals surface area (Å²) >= 11 is 5.78. The summed E-state index contributed by atoms with van der Waals surface area (Å²) in [6.45, 7) is 0.793. The van der Waals surface area contributed by atoms with Crippen LogP contribution in [0, 0.1) is 0 Å². The van der Waals surface area contributed by atoms with E-state index in [0.717, 1.165) is 24.2 Å². The fraction of sp³-hybridized carbons (Fsp3) is 0.286. The van der Waals surface area contributed by atoms with Gasteiger partial charge in [0.15, 0.2) is 0 Å². The maximum Gasteiger partial charge on any atom is 0.407 e. The minimum Gasteiger partial charge on any atom is -0.450 e. The van der Waals surface area contributed by atoms with Gasteiger partial charge in [-0.2, -0.15) is 0 Å². The van der Waals surface area contributed by atoms with E-state index in [9.17, 15) is 4.79 Å². The zero-order chi connectivity index (χ0) is 14.2. The summed E-state index contributed by atoms with van der Waals surface area (Å²) < 4.78 is 5.07. The van der Waals surface area contributed by atoms with E-state index in [4.69, 9.17) is 16.3 Å². The van der Waals surface area contributed by atoms with Crippen molar-refractivity contribution in [3.8, 4) is 0 Å². The van der Waals surface area contributed by atoms with Crippen molar-refractivity contribution in [2.24, 2.45) is 0 Å². The summed E-state index contributed by atoms with van der Waals surface area (Å²) in [4.78, 5) is 18.6. The van der Waals surface area contributed by atoms with Crippen molar-refractivity contribution < 1.29 is 9.53 Å². The van der Waals surface area contributed by atoms with Crippen molar-refractivity contribution in [2.75, 3.05) is 6.61 Å². The fourth-order valence-corrected chi connectivity index (χ4v) is 1.79. The normalized spacial score (nSPS) is 10.2. The lowest BCUT2D eigenvalue weighted by Crippen LogP contribution is -2.24. The Morgan fingerprint density at radius 3 is 2.85 bits per heavy atom. The van der Waals surface area contributed by atoms with Gasteiger partial charge in [-0.25, -0.2) is 9.78 Å². The standard InChI is InChI=1S/C14H16ClN3O2/c15-12-5-3-11(4-6-12)10-18-14(19)20-9-1-2-13-16-7-8-17-13/h3-8H,1-2,9-10H2,(H,16,17)(H,18,19). The first-order valence-electron chi connectivity index (χ1n) is 6.37. The highest BCUT2D eigenvalue weighted by atomic mass is 35.5. The molecule has 0 spiro atoms. The van der Waals surface area contributed by atoms with Gasteiger partial charge in [-0.1, -0.05) is 23.7 Å². The van der Waals surface area contributed by atoms with Crippen LogP contribution in [0.3, 0.4) is 0 Å². The van der Waals surface area contributed by atoms with Crippen molar-refractivity contribution in [3.05, 3.63) is 53.1 Å². The number of nitrogens with one attached hydrogen (secondary N) is 2. The predicted octanol–water partition coefficient (Wildman–Crippen LogP) is 2.92. The molecule has 0 saturated heterocycles. The number of amides is 1. The molecule has 6 heteroatoms. The second kappa shape index (κ2) is 7.55. The fourth-order valence-electron chi connectivity index (χ4n) is 1.67.